The lowest BCUT2D eigenvalue weighted by Gasteiger charge is -1.89. The van der Waals surface area contributed by atoms with Crippen molar-refractivity contribution in [2.24, 2.45) is 0 Å². The van der Waals surface area contributed by atoms with E-state index in [1.807, 2.05) is 0 Å². The van der Waals surface area contributed by atoms with Crippen LogP contribution in [-0.2, 0) is 9.13 Å². The molecule has 0 saturated heterocycles. The minimum atomic E-state index is -4.74. The van der Waals surface area contributed by atoms with E-state index >= 15 is 0 Å². The third-order valence-corrected chi connectivity index (χ3v) is 1.48. The Morgan fingerprint density at radius 1 is 1.86 bits per heavy atom. The van der Waals surface area contributed by atoms with E-state index < -0.39 is 16.4 Å². The first-order valence-corrected chi connectivity index (χ1v) is 3.54. The van der Waals surface area contributed by atoms with Crippen molar-refractivity contribution in [3.05, 3.63) is 0 Å². The van der Waals surface area contributed by atoms with E-state index in [9.17, 15) is 13.3 Å². The zero-order valence-electron chi connectivity index (χ0n) is 3.04. The van der Waals surface area contributed by atoms with E-state index in [4.69, 9.17) is 4.89 Å². The maximum Gasteiger partial charge on any atom is 0.450 e. The van der Waals surface area contributed by atoms with Crippen molar-refractivity contribution in [3.8, 4) is 0 Å². The van der Waals surface area contributed by atoms with Crippen molar-refractivity contribution >= 4 is 16.4 Å². The largest absolute Gasteiger partial charge is 0.450 e. The molecular formula is H2FNO3P2. The number of hydrogen-bond donors (Lipinski definition) is 2. The summed E-state index contributed by atoms with van der Waals surface area (Å²) in [7, 11) is -5.62. The molecule has 7 heteroatoms. The van der Waals surface area contributed by atoms with Crippen LogP contribution in [0.2, 0.25) is 0 Å². The van der Waals surface area contributed by atoms with E-state index in [-0.39, 0.29) is 0 Å². The van der Waals surface area contributed by atoms with Crippen molar-refractivity contribution in [2.75, 3.05) is 0 Å². The first-order chi connectivity index (χ1) is 3.06. The molecule has 0 aromatic carbocycles. The molecule has 0 aliphatic heterocycles. The highest BCUT2D eigenvalue weighted by Gasteiger charge is 2.12. The van der Waals surface area contributed by atoms with Gasteiger partial charge in [-0.05, 0) is 0 Å². The minimum absolute atomic E-state index is 0.879. The van der Waals surface area contributed by atoms with Gasteiger partial charge < -0.3 is 4.89 Å². The standard InChI is InChI=1S/FH2NO3P2/c1-7(4,5)2-6-3/h(H2,2,3,4,5). The number of hydrogen-bond acceptors (Lipinski definition) is 2. The van der Waals surface area contributed by atoms with Gasteiger partial charge in [-0.1, -0.05) is 0 Å². The van der Waals surface area contributed by atoms with Crippen molar-refractivity contribution in [1.82, 2.24) is 4.86 Å². The smallest absolute Gasteiger partial charge is 0.309 e. The van der Waals surface area contributed by atoms with Gasteiger partial charge in [0.2, 0.25) is 0 Å². The topological polar surface area (TPSA) is 66.4 Å². The second-order valence-electron chi connectivity index (χ2n) is 0.693. The Hall–Kier alpha value is 0.180. The van der Waals surface area contributed by atoms with Crippen molar-refractivity contribution in [1.29, 1.82) is 0 Å². The van der Waals surface area contributed by atoms with Gasteiger partial charge in [-0.3, -0.25) is 4.57 Å². The van der Waals surface area contributed by atoms with Crippen LogP contribution in [0.1, 0.15) is 0 Å². The molecule has 0 aliphatic carbocycles. The van der Waals surface area contributed by atoms with Crippen LogP contribution >= 0.6 is 16.4 Å². The zero-order valence-corrected chi connectivity index (χ0v) is 4.82. The molecule has 7 heavy (non-hydrogen) atoms. The van der Waals surface area contributed by atoms with Crippen LogP contribution in [0.25, 0.3) is 0 Å². The summed E-state index contributed by atoms with van der Waals surface area (Å²) in [5.41, 5.74) is 0. The van der Waals surface area contributed by atoms with Crippen LogP contribution in [0.5, 0.6) is 0 Å². The molecule has 0 rings (SSSR count). The normalized spacial score (nSPS) is 19.1. The molecule has 0 spiro atoms. The van der Waals surface area contributed by atoms with E-state index in [1.54, 1.807) is 0 Å². The van der Waals surface area contributed by atoms with Gasteiger partial charge in [-0.25, -0.2) is 4.57 Å². The van der Waals surface area contributed by atoms with Crippen molar-refractivity contribution in [3.63, 3.8) is 0 Å². The molecule has 0 aliphatic rings. The Labute approximate surface area is 40.6 Å². The molecule has 0 heterocycles. The van der Waals surface area contributed by atoms with E-state index in [0.29, 0.717) is 0 Å². The average Bonchev–Trinajstić information content (AvgIpc) is 1.30. The Morgan fingerprint density at radius 2 is 2.29 bits per heavy atom. The first kappa shape index (κ1) is 7.18. The molecule has 0 aromatic heterocycles. The molecule has 1 unspecified atom stereocenters. The van der Waals surface area contributed by atoms with E-state index in [2.05, 4.69) is 0 Å². The van der Waals surface area contributed by atoms with Gasteiger partial charge in [0.25, 0.3) is 8.61 Å². The van der Waals surface area contributed by atoms with Crippen LogP contribution in [0.3, 0.4) is 0 Å². The van der Waals surface area contributed by atoms with Gasteiger partial charge in [-0.2, -0.15) is 0 Å². The molecule has 0 aromatic rings. The van der Waals surface area contributed by atoms with Gasteiger partial charge in [0, 0.05) is 0 Å². The fourth-order valence-corrected chi connectivity index (χ4v) is 0.453. The maximum atomic E-state index is 11.2. The van der Waals surface area contributed by atoms with Crippen LogP contribution in [-0.4, -0.2) is 4.89 Å². The van der Waals surface area contributed by atoms with E-state index in [1.165, 1.54) is 0 Å². The summed E-state index contributed by atoms with van der Waals surface area (Å²) in [6.45, 7) is 0. The summed E-state index contributed by atoms with van der Waals surface area (Å²) in [6, 6.07) is 0. The monoisotopic (exact) mass is 145 g/mol. The maximum absolute atomic E-state index is 11.2. The molecule has 0 fully saturated rings. The Balaban J connectivity index is 3.57. The molecule has 0 bridgehead atoms. The Bertz CT molecular complexity index is 106. The summed E-state index contributed by atoms with van der Waals surface area (Å²) in [5, 5.41) is 0. The fraction of sp³-hybridized carbons (Fsp3) is 0. The van der Waals surface area contributed by atoms with Gasteiger partial charge in [0.05, 0.1) is 0 Å². The average molecular weight is 145 g/mol. The summed E-state index contributed by atoms with van der Waals surface area (Å²) in [5.74, 6) is 0. The number of halogens is 1. The third-order valence-electron chi connectivity index (χ3n) is 0.164. The summed E-state index contributed by atoms with van der Waals surface area (Å²) in [4.78, 5) is 8.73. The lowest BCUT2D eigenvalue weighted by molar-refractivity contribution is 0.425. The predicted molar refractivity (Wildman–Crippen MR) is 21.7 cm³/mol. The summed E-state index contributed by atoms with van der Waals surface area (Å²) < 4.78 is 29.8. The van der Waals surface area contributed by atoms with Gasteiger partial charge in [0.15, 0.2) is 0 Å². The highest BCUT2D eigenvalue weighted by atomic mass is 31.2. The lowest BCUT2D eigenvalue weighted by atomic mass is 13.9. The zero-order chi connectivity index (χ0) is 5.91. The molecule has 4 nitrogen and oxygen atoms in total. The molecule has 2 N–H and O–H groups in total. The molecule has 0 saturated carbocycles. The SMILES string of the molecule is O=PNP(=O)(O)F. The van der Waals surface area contributed by atoms with Gasteiger partial charge in [-0.15, -0.1) is 9.05 Å². The van der Waals surface area contributed by atoms with Crippen LogP contribution in [0.15, 0.2) is 0 Å². The van der Waals surface area contributed by atoms with Gasteiger partial charge in [0.1, 0.15) is 0 Å². The van der Waals surface area contributed by atoms with Gasteiger partial charge >= 0.3 is 7.83 Å². The fourth-order valence-electron chi connectivity index (χ4n) is 0.0504. The minimum Gasteiger partial charge on any atom is -0.309 e. The lowest BCUT2D eigenvalue weighted by Crippen LogP contribution is -1.86. The first-order valence-electron chi connectivity index (χ1n) is 1.18. The highest BCUT2D eigenvalue weighted by molar-refractivity contribution is 7.57. The Morgan fingerprint density at radius 3 is 2.29 bits per heavy atom. The molecule has 42 valence electrons. The second kappa shape index (κ2) is 2.48. The number of nitrogens with one attached hydrogen (secondary N) is 1. The second-order valence-corrected chi connectivity index (χ2v) is 2.68. The summed E-state index contributed by atoms with van der Waals surface area (Å²) in [6.07, 6.45) is 0. The van der Waals surface area contributed by atoms with Crippen molar-refractivity contribution < 1.29 is 18.2 Å². The quantitative estimate of drug-likeness (QED) is 0.565. The number of rotatable bonds is 2. The summed E-state index contributed by atoms with van der Waals surface area (Å²) >= 11 is 0. The predicted octanol–water partition coefficient (Wildman–Crippen LogP) is 0.853. The van der Waals surface area contributed by atoms with E-state index in [0.717, 1.165) is 4.86 Å². The van der Waals surface area contributed by atoms with Crippen LogP contribution in [0.4, 0.5) is 4.20 Å². The molecule has 1 atom stereocenters. The molecular weight excluding hydrogens is 143 g/mol. The Kier molecular flexibility index (Phi) is 2.54. The highest BCUT2D eigenvalue weighted by Crippen LogP contribution is 2.38. The van der Waals surface area contributed by atoms with Crippen molar-refractivity contribution in [2.45, 2.75) is 0 Å². The molecule has 0 radical (unpaired) electrons. The molecule has 0 amide bonds. The third kappa shape index (κ3) is 6.18. The van der Waals surface area contributed by atoms with Crippen LogP contribution in [0, 0.1) is 0 Å². The van der Waals surface area contributed by atoms with Crippen LogP contribution < -0.4 is 4.86 Å².